The Morgan fingerprint density at radius 3 is 1.13 bits per heavy atom. The molecule has 0 N–H and O–H groups in total. The number of rotatable bonds is 10. The lowest BCUT2D eigenvalue weighted by Crippen LogP contribution is -2.11. The molecule has 1 nitrogen and oxygen atoms in total. The predicted molar refractivity (Wildman–Crippen MR) is 294 cm³/mol. The van der Waals surface area contributed by atoms with E-state index in [0.717, 1.165) is 39.3 Å². The Morgan fingerprint density at radius 1 is 0.203 bits per heavy atom. The summed E-state index contributed by atoms with van der Waals surface area (Å²) < 4.78 is 0. The van der Waals surface area contributed by atoms with Crippen LogP contribution in [0.25, 0.3) is 99.4 Å². The van der Waals surface area contributed by atoms with Crippen LogP contribution in [0.5, 0.6) is 0 Å². The lowest BCUT2D eigenvalue weighted by Gasteiger charge is -2.29. The lowest BCUT2D eigenvalue weighted by molar-refractivity contribution is 1.28. The van der Waals surface area contributed by atoms with E-state index < -0.39 is 0 Å². The van der Waals surface area contributed by atoms with Crippen molar-refractivity contribution in [3.63, 3.8) is 0 Å². The molecule has 12 rings (SSSR count). The first-order valence-electron chi connectivity index (χ1n) is 23.7. The van der Waals surface area contributed by atoms with Crippen LogP contribution in [-0.2, 0) is 0 Å². The van der Waals surface area contributed by atoms with E-state index in [1.54, 1.807) is 0 Å². The number of benzene rings is 12. The summed E-state index contributed by atoms with van der Waals surface area (Å²) in [4.78, 5) is 2.42. The summed E-state index contributed by atoms with van der Waals surface area (Å²) in [5.74, 6) is 0. The summed E-state index contributed by atoms with van der Waals surface area (Å²) >= 11 is 0. The van der Waals surface area contributed by atoms with Crippen molar-refractivity contribution in [2.75, 3.05) is 4.90 Å². The van der Waals surface area contributed by atoms with Gasteiger partial charge < -0.3 is 4.90 Å². The van der Waals surface area contributed by atoms with E-state index in [-0.39, 0.29) is 0 Å². The SMILES string of the molecule is c1ccc(-c2ccc(N(c3ccc(-c4cc5ccccc5c5ccccc45)cc3)c3ccc(-c4cc(-c5ccccc5)c(-c5ccccc5)c(-c5ccccc5)c4)cc3-c3ccccc3)cc2)cc1. The largest absolute Gasteiger partial charge is 0.310 e. The minimum absolute atomic E-state index is 1.08. The molecule has 1 heteroatoms. The van der Waals surface area contributed by atoms with Crippen LogP contribution < -0.4 is 4.90 Å². The van der Waals surface area contributed by atoms with Gasteiger partial charge in [0.2, 0.25) is 0 Å². The smallest absolute Gasteiger partial charge is 0.0540 e. The molecule has 0 atom stereocenters. The van der Waals surface area contributed by atoms with E-state index in [2.05, 4.69) is 290 Å². The molecule has 0 saturated heterocycles. The fourth-order valence-electron chi connectivity index (χ4n) is 10.1. The van der Waals surface area contributed by atoms with Crippen molar-refractivity contribution < 1.29 is 0 Å². The maximum absolute atomic E-state index is 2.42. The monoisotopic (exact) mass is 877 g/mol. The van der Waals surface area contributed by atoms with Crippen molar-refractivity contribution in [1.82, 2.24) is 0 Å². The maximum atomic E-state index is 2.42. The van der Waals surface area contributed by atoms with E-state index >= 15 is 0 Å². The van der Waals surface area contributed by atoms with Gasteiger partial charge in [0.15, 0.2) is 0 Å². The molecule has 69 heavy (non-hydrogen) atoms. The topological polar surface area (TPSA) is 3.24 Å². The van der Waals surface area contributed by atoms with Gasteiger partial charge in [0.1, 0.15) is 0 Å². The Kier molecular flexibility index (Phi) is 11.0. The van der Waals surface area contributed by atoms with Gasteiger partial charge in [-0.3, -0.25) is 0 Å². The van der Waals surface area contributed by atoms with E-state index in [0.29, 0.717) is 0 Å². The second kappa shape index (κ2) is 18.3. The van der Waals surface area contributed by atoms with Crippen molar-refractivity contribution >= 4 is 38.6 Å². The van der Waals surface area contributed by atoms with Gasteiger partial charge in [0.25, 0.3) is 0 Å². The zero-order chi connectivity index (χ0) is 45.9. The summed E-state index contributed by atoms with van der Waals surface area (Å²) in [5.41, 5.74) is 19.8. The van der Waals surface area contributed by atoms with Gasteiger partial charge in [-0.15, -0.1) is 0 Å². The second-order valence-corrected chi connectivity index (χ2v) is 17.6. The summed E-state index contributed by atoms with van der Waals surface area (Å²) in [6.45, 7) is 0. The van der Waals surface area contributed by atoms with Gasteiger partial charge in [-0.25, -0.2) is 0 Å². The number of hydrogen-bond donors (Lipinski definition) is 0. The van der Waals surface area contributed by atoms with Crippen LogP contribution in [0.4, 0.5) is 17.1 Å². The molecule has 0 amide bonds. The second-order valence-electron chi connectivity index (χ2n) is 17.6. The molecule has 0 unspecified atom stereocenters. The van der Waals surface area contributed by atoms with Crippen molar-refractivity contribution in [3.05, 3.63) is 285 Å². The highest BCUT2D eigenvalue weighted by molar-refractivity contribution is 6.14. The van der Waals surface area contributed by atoms with Crippen LogP contribution in [-0.4, -0.2) is 0 Å². The fraction of sp³-hybridized carbons (Fsp3) is 0. The first kappa shape index (κ1) is 41.4. The number of fused-ring (bicyclic) bond motifs is 3. The van der Waals surface area contributed by atoms with Gasteiger partial charge in [0.05, 0.1) is 5.69 Å². The third-order valence-corrected chi connectivity index (χ3v) is 13.5. The molecule has 0 aliphatic heterocycles. The average molecular weight is 878 g/mol. The van der Waals surface area contributed by atoms with E-state index in [4.69, 9.17) is 0 Å². The van der Waals surface area contributed by atoms with E-state index in [1.807, 2.05) is 0 Å². The minimum Gasteiger partial charge on any atom is -0.310 e. The number of hydrogen-bond acceptors (Lipinski definition) is 1. The fourth-order valence-corrected chi connectivity index (χ4v) is 10.1. The van der Waals surface area contributed by atoms with Gasteiger partial charge in [-0.2, -0.15) is 0 Å². The van der Waals surface area contributed by atoms with Crippen molar-refractivity contribution in [2.45, 2.75) is 0 Å². The molecule has 0 aliphatic carbocycles. The predicted octanol–water partition coefficient (Wildman–Crippen LogP) is 19.1. The van der Waals surface area contributed by atoms with Crippen LogP contribution in [0.2, 0.25) is 0 Å². The Morgan fingerprint density at radius 2 is 0.580 bits per heavy atom. The highest BCUT2D eigenvalue weighted by Gasteiger charge is 2.22. The molecule has 0 fully saturated rings. The van der Waals surface area contributed by atoms with Crippen molar-refractivity contribution in [2.24, 2.45) is 0 Å². The minimum atomic E-state index is 1.08. The zero-order valence-electron chi connectivity index (χ0n) is 38.1. The molecule has 324 valence electrons. The lowest BCUT2D eigenvalue weighted by atomic mass is 9.84. The quantitative estimate of drug-likeness (QED) is 0.124. The molecule has 0 radical (unpaired) electrons. The highest BCUT2D eigenvalue weighted by Crippen LogP contribution is 2.47. The van der Waals surface area contributed by atoms with Crippen molar-refractivity contribution in [3.8, 4) is 77.9 Å². The van der Waals surface area contributed by atoms with Crippen LogP contribution in [0.15, 0.2) is 285 Å². The third-order valence-electron chi connectivity index (χ3n) is 13.5. The summed E-state index contributed by atoms with van der Waals surface area (Å²) in [5, 5.41) is 5.03. The van der Waals surface area contributed by atoms with Crippen LogP contribution in [0.3, 0.4) is 0 Å². The first-order valence-corrected chi connectivity index (χ1v) is 23.7. The Bertz CT molecular complexity index is 3650. The molecule has 12 aromatic rings. The first-order chi connectivity index (χ1) is 34.2. The maximum Gasteiger partial charge on any atom is 0.0540 e. The van der Waals surface area contributed by atoms with Gasteiger partial charge >= 0.3 is 0 Å². The highest BCUT2D eigenvalue weighted by atomic mass is 15.1. The summed E-state index contributed by atoms with van der Waals surface area (Å²) in [6, 6.07) is 104. The van der Waals surface area contributed by atoms with Gasteiger partial charge in [0, 0.05) is 16.9 Å². The van der Waals surface area contributed by atoms with Crippen LogP contribution in [0.1, 0.15) is 0 Å². The van der Waals surface area contributed by atoms with E-state index in [1.165, 1.54) is 77.2 Å². The van der Waals surface area contributed by atoms with Crippen LogP contribution in [0, 0.1) is 0 Å². The molecule has 0 heterocycles. The van der Waals surface area contributed by atoms with Crippen LogP contribution >= 0.6 is 0 Å². The van der Waals surface area contributed by atoms with Crippen molar-refractivity contribution in [1.29, 1.82) is 0 Å². The normalized spacial score (nSPS) is 11.2. The molecular weight excluding hydrogens is 831 g/mol. The number of anilines is 3. The average Bonchev–Trinajstić information content (AvgIpc) is 3.44. The molecule has 0 aromatic heterocycles. The standard InChI is InChI=1S/C68H47N/c1-6-20-48(21-7-1)49-34-39-58(40-35-49)69(59-41-36-53(37-42-59)63-45-56-30-16-17-31-60(56)61-32-18-19-33-62(61)63)67-43-38-55(44-64(67)50-22-8-2-9-23-50)57-46-65(51-24-10-3-11-25-51)68(54-28-14-5-15-29-54)66(47-57)52-26-12-4-13-27-52/h1-47H. The Hall–Kier alpha value is -9.04. The molecule has 0 bridgehead atoms. The Labute approximate surface area is 404 Å². The van der Waals surface area contributed by atoms with Gasteiger partial charge in [-0.05, 0) is 148 Å². The summed E-state index contributed by atoms with van der Waals surface area (Å²) in [7, 11) is 0. The molecule has 12 aromatic carbocycles. The molecule has 0 saturated carbocycles. The molecular formula is C68H47N. The number of nitrogens with zero attached hydrogens (tertiary/aromatic N) is 1. The van der Waals surface area contributed by atoms with Gasteiger partial charge in [-0.1, -0.05) is 231 Å². The molecule has 0 spiro atoms. The summed E-state index contributed by atoms with van der Waals surface area (Å²) in [6.07, 6.45) is 0. The molecule has 0 aliphatic rings. The van der Waals surface area contributed by atoms with E-state index in [9.17, 15) is 0 Å². The Balaban J connectivity index is 1.05. The zero-order valence-corrected chi connectivity index (χ0v) is 38.1. The third kappa shape index (κ3) is 8.07.